The maximum Gasteiger partial charge on any atom is 0.322 e. The molecule has 1 saturated heterocycles. The third-order valence-corrected chi connectivity index (χ3v) is 7.73. The van der Waals surface area contributed by atoms with Gasteiger partial charge < -0.3 is 20.3 Å². The number of nitrogens with zero attached hydrogens (tertiary/aromatic N) is 1. The normalized spacial score (nSPS) is 17.0. The van der Waals surface area contributed by atoms with Crippen LogP contribution in [0.2, 0.25) is 5.02 Å². The first-order valence-corrected chi connectivity index (χ1v) is 14.1. The second-order valence-electron chi connectivity index (χ2n) is 9.01. The number of ether oxygens (including phenoxy) is 1. The van der Waals surface area contributed by atoms with Crippen molar-refractivity contribution in [2.75, 3.05) is 30.5 Å². The molecule has 204 valence electrons. The summed E-state index contributed by atoms with van der Waals surface area (Å²) in [4.78, 5) is 39.7. The van der Waals surface area contributed by atoms with E-state index in [1.54, 1.807) is 42.5 Å². The SMILES string of the molecule is COC(=O)C1CC(C(=O)Nc2ccc(-c3ccccc3S(C)(=O)=O)cc2F)N(C(=O)Nc2ccc(Cl)cc2)C1. The zero-order valence-electron chi connectivity index (χ0n) is 21.0. The number of benzene rings is 3. The molecule has 9 nitrogen and oxygen atoms in total. The molecule has 0 spiro atoms. The number of methoxy groups -OCH3 is 1. The van der Waals surface area contributed by atoms with Crippen molar-refractivity contribution >= 4 is 50.7 Å². The highest BCUT2D eigenvalue weighted by atomic mass is 35.5. The van der Waals surface area contributed by atoms with Crippen molar-refractivity contribution in [3.05, 3.63) is 77.6 Å². The summed E-state index contributed by atoms with van der Waals surface area (Å²) in [7, 11) is -2.35. The van der Waals surface area contributed by atoms with Crippen LogP contribution in [0, 0.1) is 11.7 Å². The highest BCUT2D eigenvalue weighted by molar-refractivity contribution is 7.90. The zero-order valence-corrected chi connectivity index (χ0v) is 22.6. The third kappa shape index (κ3) is 6.37. The summed E-state index contributed by atoms with van der Waals surface area (Å²) in [5.74, 6) is -2.82. The Morgan fingerprint density at radius 2 is 1.72 bits per heavy atom. The van der Waals surface area contributed by atoms with E-state index in [-0.39, 0.29) is 23.5 Å². The van der Waals surface area contributed by atoms with Gasteiger partial charge in [0.15, 0.2) is 9.84 Å². The number of amides is 3. The summed E-state index contributed by atoms with van der Waals surface area (Å²) >= 11 is 5.89. The van der Waals surface area contributed by atoms with Crippen LogP contribution >= 0.6 is 11.6 Å². The van der Waals surface area contributed by atoms with Crippen molar-refractivity contribution in [3.8, 4) is 11.1 Å². The van der Waals surface area contributed by atoms with Crippen molar-refractivity contribution in [1.82, 2.24) is 4.90 Å². The molecule has 1 aliphatic heterocycles. The quantitative estimate of drug-likeness (QED) is 0.416. The summed E-state index contributed by atoms with van der Waals surface area (Å²) in [6, 6.07) is 14.7. The number of nitrogens with one attached hydrogen (secondary N) is 2. The molecule has 39 heavy (non-hydrogen) atoms. The fraction of sp³-hybridized carbons (Fsp3) is 0.222. The van der Waals surface area contributed by atoms with E-state index >= 15 is 4.39 Å². The Kier molecular flexibility index (Phi) is 8.22. The van der Waals surface area contributed by atoms with Gasteiger partial charge in [-0.05, 0) is 54.4 Å². The summed E-state index contributed by atoms with van der Waals surface area (Å²) in [5, 5.41) is 5.63. The minimum atomic E-state index is -3.57. The van der Waals surface area contributed by atoms with Crippen molar-refractivity contribution in [3.63, 3.8) is 0 Å². The Morgan fingerprint density at radius 3 is 2.36 bits per heavy atom. The van der Waals surface area contributed by atoms with E-state index in [9.17, 15) is 22.8 Å². The van der Waals surface area contributed by atoms with Crippen LogP contribution in [0.1, 0.15) is 6.42 Å². The predicted molar refractivity (Wildman–Crippen MR) is 145 cm³/mol. The number of carbonyl (C=O) groups is 3. The number of carbonyl (C=O) groups excluding carboxylic acids is 3. The molecule has 3 aromatic rings. The Labute approximate surface area is 229 Å². The molecule has 3 amide bonds. The van der Waals surface area contributed by atoms with Gasteiger partial charge in [0.2, 0.25) is 5.91 Å². The summed E-state index contributed by atoms with van der Waals surface area (Å²) < 4.78 is 44.2. The van der Waals surface area contributed by atoms with Crippen LogP contribution in [0.5, 0.6) is 0 Å². The van der Waals surface area contributed by atoms with E-state index in [0.717, 1.165) is 12.3 Å². The molecular weight excluding hydrogens is 549 g/mol. The summed E-state index contributed by atoms with van der Waals surface area (Å²) in [6.45, 7) is -0.0755. The molecule has 1 heterocycles. The minimum Gasteiger partial charge on any atom is -0.469 e. The minimum absolute atomic E-state index is 0.0199. The van der Waals surface area contributed by atoms with E-state index < -0.39 is 45.5 Å². The van der Waals surface area contributed by atoms with E-state index in [0.29, 0.717) is 21.8 Å². The Bertz CT molecular complexity index is 1530. The summed E-state index contributed by atoms with van der Waals surface area (Å²) in [6.07, 6.45) is 1.04. The average molecular weight is 574 g/mol. The van der Waals surface area contributed by atoms with Gasteiger partial charge >= 0.3 is 12.0 Å². The number of anilines is 2. The first-order chi connectivity index (χ1) is 18.5. The van der Waals surface area contributed by atoms with E-state index in [2.05, 4.69) is 10.6 Å². The maximum atomic E-state index is 15.1. The van der Waals surface area contributed by atoms with Gasteiger partial charge in [-0.1, -0.05) is 35.9 Å². The standard InChI is InChI=1S/C27H25ClFN3O6S/c1-38-26(34)17-14-23(32(15-17)27(35)30-19-10-8-18(28)9-11-19)25(33)31-22-12-7-16(13-21(22)29)20-5-3-4-6-24(20)39(2,36)37/h3-13,17,23H,14-15H2,1-2H3,(H,30,35)(H,31,33). The molecule has 0 aromatic heterocycles. The van der Waals surface area contributed by atoms with Gasteiger partial charge in [0.25, 0.3) is 0 Å². The van der Waals surface area contributed by atoms with Gasteiger partial charge in [-0.3, -0.25) is 9.59 Å². The predicted octanol–water partition coefficient (Wildman–Crippen LogP) is 4.58. The lowest BCUT2D eigenvalue weighted by atomic mass is 10.0. The van der Waals surface area contributed by atoms with Crippen LogP contribution in [-0.2, 0) is 24.2 Å². The lowest BCUT2D eigenvalue weighted by Gasteiger charge is -2.24. The van der Waals surface area contributed by atoms with Gasteiger partial charge in [0, 0.05) is 29.1 Å². The highest BCUT2D eigenvalue weighted by Crippen LogP contribution is 2.31. The van der Waals surface area contributed by atoms with Crippen LogP contribution in [0.4, 0.5) is 20.6 Å². The first-order valence-electron chi connectivity index (χ1n) is 11.8. The highest BCUT2D eigenvalue weighted by Gasteiger charge is 2.43. The number of likely N-dealkylation sites (tertiary alicyclic amines) is 1. The molecule has 2 atom stereocenters. The summed E-state index contributed by atoms with van der Waals surface area (Å²) in [5.41, 5.74) is 0.891. The fourth-order valence-corrected chi connectivity index (χ4v) is 5.44. The largest absolute Gasteiger partial charge is 0.469 e. The second-order valence-corrected chi connectivity index (χ2v) is 11.4. The van der Waals surface area contributed by atoms with E-state index in [4.69, 9.17) is 16.3 Å². The molecule has 12 heteroatoms. The van der Waals surface area contributed by atoms with E-state index in [1.807, 2.05) is 0 Å². The molecular formula is C27H25ClFN3O6S. The molecule has 2 N–H and O–H groups in total. The van der Waals surface area contributed by atoms with Crippen LogP contribution in [0.3, 0.4) is 0 Å². The maximum absolute atomic E-state index is 15.1. The molecule has 0 saturated carbocycles. The first kappa shape index (κ1) is 28.1. The van der Waals surface area contributed by atoms with Crippen LogP contribution in [-0.4, -0.2) is 57.2 Å². The number of hydrogen-bond acceptors (Lipinski definition) is 6. The molecule has 1 aliphatic rings. The lowest BCUT2D eigenvalue weighted by molar-refractivity contribution is -0.144. The number of sulfone groups is 1. The van der Waals surface area contributed by atoms with Gasteiger partial charge in [-0.25, -0.2) is 17.6 Å². The molecule has 3 aromatic carbocycles. The Hall–Kier alpha value is -3.96. The zero-order chi connectivity index (χ0) is 28.3. The molecule has 0 radical (unpaired) electrons. The van der Waals surface area contributed by atoms with Crippen molar-refractivity contribution < 1.29 is 31.9 Å². The number of urea groups is 1. The molecule has 4 rings (SSSR count). The topological polar surface area (TPSA) is 122 Å². The van der Waals surface area contributed by atoms with Gasteiger partial charge in [0.1, 0.15) is 11.9 Å². The van der Waals surface area contributed by atoms with Gasteiger partial charge in [-0.2, -0.15) is 0 Å². The number of hydrogen-bond donors (Lipinski definition) is 2. The molecule has 0 aliphatic carbocycles. The molecule has 2 unspecified atom stereocenters. The monoisotopic (exact) mass is 573 g/mol. The Morgan fingerprint density at radius 1 is 1.03 bits per heavy atom. The number of rotatable bonds is 6. The Balaban J connectivity index is 1.56. The van der Waals surface area contributed by atoms with Crippen LogP contribution < -0.4 is 10.6 Å². The third-order valence-electron chi connectivity index (χ3n) is 6.32. The number of esters is 1. The molecule has 1 fully saturated rings. The van der Waals surface area contributed by atoms with Crippen LogP contribution in [0.15, 0.2) is 71.6 Å². The van der Waals surface area contributed by atoms with Gasteiger partial charge in [0.05, 0.1) is 23.6 Å². The smallest absolute Gasteiger partial charge is 0.322 e. The average Bonchev–Trinajstić information content (AvgIpc) is 3.36. The second kappa shape index (κ2) is 11.4. The van der Waals surface area contributed by atoms with Crippen molar-refractivity contribution in [2.45, 2.75) is 17.4 Å². The number of halogens is 2. The van der Waals surface area contributed by atoms with Crippen molar-refractivity contribution in [1.29, 1.82) is 0 Å². The fourth-order valence-electron chi connectivity index (χ4n) is 4.40. The van der Waals surface area contributed by atoms with Gasteiger partial charge in [-0.15, -0.1) is 0 Å². The van der Waals surface area contributed by atoms with Crippen molar-refractivity contribution in [2.24, 2.45) is 5.92 Å². The van der Waals surface area contributed by atoms with Crippen LogP contribution in [0.25, 0.3) is 11.1 Å². The lowest BCUT2D eigenvalue weighted by Crippen LogP contribution is -2.45. The molecule has 0 bridgehead atoms. The van der Waals surface area contributed by atoms with E-state index in [1.165, 1.54) is 30.2 Å².